The molecular formula is C18H20FN3O2. The van der Waals surface area contributed by atoms with Gasteiger partial charge >= 0.3 is 0 Å². The largest absolute Gasteiger partial charge is 0.353 e. The molecule has 2 saturated carbocycles. The maximum absolute atomic E-state index is 14.1. The molecule has 2 aliphatic carbocycles. The van der Waals surface area contributed by atoms with Crippen molar-refractivity contribution in [2.75, 3.05) is 0 Å². The normalized spacial score (nSPS) is 19.4. The second kappa shape index (κ2) is 6.00. The molecule has 2 fully saturated rings. The van der Waals surface area contributed by atoms with E-state index in [1.54, 1.807) is 12.1 Å². The van der Waals surface area contributed by atoms with Crippen molar-refractivity contribution >= 4 is 5.91 Å². The van der Waals surface area contributed by atoms with Gasteiger partial charge in [0, 0.05) is 11.6 Å². The Kier molecular flexibility index (Phi) is 3.82. The van der Waals surface area contributed by atoms with Crippen LogP contribution >= 0.6 is 0 Å². The van der Waals surface area contributed by atoms with Gasteiger partial charge in [-0.05, 0) is 31.7 Å². The highest BCUT2D eigenvalue weighted by Crippen LogP contribution is 2.53. The smallest absolute Gasteiger partial charge is 0.237 e. The molecule has 1 amide bonds. The molecule has 6 heteroatoms. The predicted octanol–water partition coefficient (Wildman–Crippen LogP) is 2.89. The summed E-state index contributed by atoms with van der Waals surface area (Å²) < 4.78 is 19.5. The maximum Gasteiger partial charge on any atom is 0.237 e. The first-order valence-electron chi connectivity index (χ1n) is 8.55. The Labute approximate surface area is 139 Å². The molecule has 2 aromatic rings. The van der Waals surface area contributed by atoms with Gasteiger partial charge in [0.25, 0.3) is 0 Å². The van der Waals surface area contributed by atoms with E-state index in [9.17, 15) is 9.18 Å². The van der Waals surface area contributed by atoms with Crippen LogP contribution in [0, 0.1) is 5.82 Å². The van der Waals surface area contributed by atoms with Gasteiger partial charge in [0.15, 0.2) is 5.82 Å². The number of benzene rings is 1. The number of carbonyl (C=O) groups is 1. The Hall–Kier alpha value is -2.24. The number of halogens is 1. The number of carbonyl (C=O) groups excluding carboxylic acids is 1. The number of hydrogen-bond donors (Lipinski definition) is 1. The summed E-state index contributed by atoms with van der Waals surface area (Å²) in [5.74, 6) is 0.443. The summed E-state index contributed by atoms with van der Waals surface area (Å²) in [6.45, 7) is 0. The van der Waals surface area contributed by atoms with Crippen molar-refractivity contribution in [1.29, 1.82) is 0 Å². The van der Waals surface area contributed by atoms with Crippen LogP contribution in [0.25, 0.3) is 0 Å². The summed E-state index contributed by atoms with van der Waals surface area (Å²) in [5.41, 5.74) is 0.0778. The molecule has 0 spiro atoms. The summed E-state index contributed by atoms with van der Waals surface area (Å²) in [7, 11) is 0. The highest BCUT2D eigenvalue weighted by Gasteiger charge is 2.52. The third-order valence-corrected chi connectivity index (χ3v) is 5.06. The minimum absolute atomic E-state index is 0.0787. The number of hydrogen-bond acceptors (Lipinski definition) is 4. The minimum Gasteiger partial charge on any atom is -0.353 e. The number of aromatic nitrogens is 2. The third kappa shape index (κ3) is 2.81. The molecule has 0 saturated heterocycles. The van der Waals surface area contributed by atoms with Gasteiger partial charge in [-0.1, -0.05) is 36.2 Å². The lowest BCUT2D eigenvalue weighted by Crippen LogP contribution is -2.33. The Morgan fingerprint density at radius 1 is 1.29 bits per heavy atom. The van der Waals surface area contributed by atoms with E-state index in [1.807, 2.05) is 6.07 Å². The van der Waals surface area contributed by atoms with E-state index in [1.165, 1.54) is 18.9 Å². The lowest BCUT2D eigenvalue weighted by atomic mass is 9.95. The van der Waals surface area contributed by atoms with E-state index >= 15 is 0 Å². The molecule has 2 aliphatic rings. The van der Waals surface area contributed by atoms with Crippen molar-refractivity contribution in [2.45, 2.75) is 56.4 Å². The Morgan fingerprint density at radius 3 is 2.75 bits per heavy atom. The van der Waals surface area contributed by atoms with Crippen molar-refractivity contribution in [2.24, 2.45) is 0 Å². The zero-order valence-corrected chi connectivity index (χ0v) is 13.4. The zero-order valence-electron chi connectivity index (χ0n) is 13.4. The Morgan fingerprint density at radius 2 is 2.04 bits per heavy atom. The molecule has 1 aromatic carbocycles. The first-order valence-corrected chi connectivity index (χ1v) is 8.55. The van der Waals surface area contributed by atoms with Crippen molar-refractivity contribution in [3.05, 3.63) is 47.4 Å². The number of amides is 1. The second-order valence-corrected chi connectivity index (χ2v) is 6.80. The molecule has 1 heterocycles. The quantitative estimate of drug-likeness (QED) is 0.916. The van der Waals surface area contributed by atoms with Crippen molar-refractivity contribution < 1.29 is 13.7 Å². The molecule has 1 N–H and O–H groups in total. The average Bonchev–Trinajstić information content (AvgIpc) is 2.97. The molecule has 5 nitrogen and oxygen atoms in total. The van der Waals surface area contributed by atoms with Gasteiger partial charge in [0.1, 0.15) is 5.82 Å². The summed E-state index contributed by atoms with van der Waals surface area (Å²) >= 11 is 0. The molecule has 126 valence electrons. The molecule has 0 radical (unpaired) electrons. The predicted molar refractivity (Wildman–Crippen MR) is 84.8 cm³/mol. The number of nitrogens with zero attached hydrogens (tertiary/aromatic N) is 2. The molecular weight excluding hydrogens is 309 g/mol. The SMILES string of the molecule is O=C(Cc1noc(C2(c3ccccc3F)CC2)n1)NC1CCCC1. The van der Waals surface area contributed by atoms with Crippen molar-refractivity contribution in [1.82, 2.24) is 15.5 Å². The maximum atomic E-state index is 14.1. The topological polar surface area (TPSA) is 68.0 Å². The number of nitrogens with one attached hydrogen (secondary N) is 1. The van der Waals surface area contributed by atoms with Gasteiger partial charge in [-0.25, -0.2) is 4.39 Å². The molecule has 0 bridgehead atoms. The Balaban J connectivity index is 1.47. The van der Waals surface area contributed by atoms with Crippen molar-refractivity contribution in [3.8, 4) is 0 Å². The van der Waals surface area contributed by atoms with E-state index in [2.05, 4.69) is 15.5 Å². The van der Waals surface area contributed by atoms with Crippen LogP contribution in [0.15, 0.2) is 28.8 Å². The molecule has 24 heavy (non-hydrogen) atoms. The first-order chi connectivity index (χ1) is 11.7. The fourth-order valence-electron chi connectivity index (χ4n) is 3.59. The van der Waals surface area contributed by atoms with Crippen LogP contribution in [-0.2, 0) is 16.6 Å². The summed E-state index contributed by atoms with van der Waals surface area (Å²) in [6.07, 6.45) is 6.09. The van der Waals surface area contributed by atoms with Gasteiger partial charge in [0.05, 0.1) is 11.8 Å². The van der Waals surface area contributed by atoms with Crippen LogP contribution in [0.2, 0.25) is 0 Å². The standard InChI is InChI=1S/C18H20FN3O2/c19-14-8-4-3-7-13(14)18(9-10-18)17-21-15(22-24-17)11-16(23)20-12-5-1-2-6-12/h3-4,7-8,12H,1-2,5-6,9-11H2,(H,20,23). The third-order valence-electron chi connectivity index (χ3n) is 5.06. The van der Waals surface area contributed by atoms with E-state index in [0.717, 1.165) is 25.7 Å². The van der Waals surface area contributed by atoms with Gasteiger partial charge in [-0.15, -0.1) is 0 Å². The fourth-order valence-corrected chi connectivity index (χ4v) is 3.59. The van der Waals surface area contributed by atoms with Crippen molar-refractivity contribution in [3.63, 3.8) is 0 Å². The van der Waals surface area contributed by atoms with Crippen LogP contribution < -0.4 is 5.32 Å². The Bertz CT molecular complexity index is 748. The summed E-state index contributed by atoms with van der Waals surface area (Å²) in [6, 6.07) is 6.96. The summed E-state index contributed by atoms with van der Waals surface area (Å²) in [5, 5.41) is 6.93. The zero-order chi connectivity index (χ0) is 16.6. The highest BCUT2D eigenvalue weighted by molar-refractivity contribution is 5.78. The van der Waals surface area contributed by atoms with Crippen LogP contribution in [0.3, 0.4) is 0 Å². The fraction of sp³-hybridized carbons (Fsp3) is 0.500. The number of rotatable bonds is 5. The second-order valence-electron chi connectivity index (χ2n) is 6.80. The average molecular weight is 329 g/mol. The lowest BCUT2D eigenvalue weighted by Gasteiger charge is -2.11. The monoisotopic (exact) mass is 329 g/mol. The van der Waals surface area contributed by atoms with Gasteiger partial charge < -0.3 is 9.84 Å². The van der Waals surface area contributed by atoms with Crippen LogP contribution in [0.4, 0.5) is 4.39 Å². The van der Waals surface area contributed by atoms with Crippen LogP contribution in [0.1, 0.15) is 55.8 Å². The van der Waals surface area contributed by atoms with E-state index < -0.39 is 5.41 Å². The van der Waals surface area contributed by atoms with Gasteiger partial charge in [-0.2, -0.15) is 4.98 Å². The molecule has 4 rings (SSSR count). The minimum atomic E-state index is -0.515. The molecule has 0 atom stereocenters. The molecule has 1 aromatic heterocycles. The lowest BCUT2D eigenvalue weighted by molar-refractivity contribution is -0.121. The van der Waals surface area contributed by atoms with E-state index in [4.69, 9.17) is 4.52 Å². The molecule has 0 unspecified atom stereocenters. The van der Waals surface area contributed by atoms with E-state index in [0.29, 0.717) is 17.3 Å². The first kappa shape index (κ1) is 15.3. The van der Waals surface area contributed by atoms with Gasteiger partial charge in [0.2, 0.25) is 11.8 Å². The van der Waals surface area contributed by atoms with E-state index in [-0.39, 0.29) is 24.2 Å². The highest BCUT2D eigenvalue weighted by atomic mass is 19.1. The van der Waals surface area contributed by atoms with Crippen LogP contribution in [0.5, 0.6) is 0 Å². The van der Waals surface area contributed by atoms with Gasteiger partial charge in [-0.3, -0.25) is 4.79 Å². The summed E-state index contributed by atoms with van der Waals surface area (Å²) in [4.78, 5) is 16.4. The van der Waals surface area contributed by atoms with Crippen LogP contribution in [-0.4, -0.2) is 22.1 Å². The molecule has 0 aliphatic heterocycles.